The maximum Gasteiger partial charge on any atom is 0.0674 e. The van der Waals surface area contributed by atoms with Crippen LogP contribution in [0.1, 0.15) is 17.2 Å². The van der Waals surface area contributed by atoms with Crippen molar-refractivity contribution in [2.75, 3.05) is 6.54 Å². The first kappa shape index (κ1) is 9.80. The van der Waals surface area contributed by atoms with Gasteiger partial charge < -0.3 is 5.73 Å². The first-order valence-electron chi connectivity index (χ1n) is 4.92. The summed E-state index contributed by atoms with van der Waals surface area (Å²) in [5.41, 5.74) is 7.87. The third kappa shape index (κ3) is 2.19. The lowest BCUT2D eigenvalue weighted by Gasteiger charge is -2.13. The molecule has 3 nitrogen and oxygen atoms in total. The average Bonchev–Trinajstić information content (AvgIpc) is 2.33. The Bertz CT molecular complexity index is 360. The van der Waals surface area contributed by atoms with E-state index >= 15 is 0 Å². The monoisotopic (exact) mass is 199 g/mol. The van der Waals surface area contributed by atoms with Crippen LogP contribution in [-0.4, -0.2) is 16.5 Å². The van der Waals surface area contributed by atoms with Gasteiger partial charge in [0.15, 0.2) is 0 Å². The third-order valence-corrected chi connectivity index (χ3v) is 2.38. The van der Waals surface area contributed by atoms with Crippen molar-refractivity contribution < 1.29 is 0 Å². The second-order valence-electron chi connectivity index (χ2n) is 3.33. The van der Waals surface area contributed by atoms with E-state index in [2.05, 4.69) is 22.1 Å². The van der Waals surface area contributed by atoms with Crippen LogP contribution in [0.3, 0.4) is 0 Å². The molecular formula is C12H13N3. The van der Waals surface area contributed by atoms with Gasteiger partial charge in [0.05, 0.1) is 5.69 Å². The molecule has 3 heteroatoms. The molecule has 76 valence electrons. The Morgan fingerprint density at radius 2 is 1.93 bits per heavy atom. The predicted molar refractivity (Wildman–Crippen MR) is 59.4 cm³/mol. The topological polar surface area (TPSA) is 51.8 Å². The van der Waals surface area contributed by atoms with Crippen LogP contribution >= 0.6 is 0 Å². The maximum atomic E-state index is 5.77. The van der Waals surface area contributed by atoms with Crippen molar-refractivity contribution in [3.63, 3.8) is 0 Å². The van der Waals surface area contributed by atoms with Gasteiger partial charge in [0.2, 0.25) is 0 Å². The molecule has 0 aliphatic heterocycles. The molecule has 2 rings (SSSR count). The second-order valence-corrected chi connectivity index (χ2v) is 3.33. The number of aromatic nitrogens is 2. The summed E-state index contributed by atoms with van der Waals surface area (Å²) in [6.07, 6.45) is 5.13. The molecule has 0 spiro atoms. The number of rotatable bonds is 3. The van der Waals surface area contributed by atoms with Gasteiger partial charge in [-0.15, -0.1) is 0 Å². The first-order chi connectivity index (χ1) is 7.42. The summed E-state index contributed by atoms with van der Waals surface area (Å²) in [4.78, 5) is 8.34. The van der Waals surface area contributed by atoms with Crippen LogP contribution in [0.25, 0.3) is 0 Å². The Kier molecular flexibility index (Phi) is 3.05. The van der Waals surface area contributed by atoms with Crippen molar-refractivity contribution in [2.24, 2.45) is 5.73 Å². The fourth-order valence-electron chi connectivity index (χ4n) is 1.60. The number of hydrogen-bond donors (Lipinski definition) is 1. The van der Waals surface area contributed by atoms with Gasteiger partial charge in [-0.05, 0) is 5.56 Å². The van der Waals surface area contributed by atoms with Crippen LogP contribution < -0.4 is 5.73 Å². The van der Waals surface area contributed by atoms with E-state index in [4.69, 9.17) is 5.73 Å². The smallest absolute Gasteiger partial charge is 0.0674 e. The summed E-state index contributed by atoms with van der Waals surface area (Å²) in [5.74, 6) is 0.139. The minimum absolute atomic E-state index is 0.139. The van der Waals surface area contributed by atoms with Crippen molar-refractivity contribution in [3.8, 4) is 0 Å². The van der Waals surface area contributed by atoms with E-state index in [1.807, 2.05) is 18.2 Å². The van der Waals surface area contributed by atoms with E-state index in [0.29, 0.717) is 6.54 Å². The number of nitrogens with two attached hydrogens (primary N) is 1. The highest BCUT2D eigenvalue weighted by Gasteiger charge is 2.12. The first-order valence-corrected chi connectivity index (χ1v) is 4.92. The molecule has 0 aliphatic rings. The van der Waals surface area contributed by atoms with Gasteiger partial charge in [0.25, 0.3) is 0 Å². The van der Waals surface area contributed by atoms with Crippen LogP contribution in [0.5, 0.6) is 0 Å². The molecular weight excluding hydrogens is 186 g/mol. The molecule has 1 unspecified atom stereocenters. The molecule has 0 amide bonds. The fourth-order valence-corrected chi connectivity index (χ4v) is 1.60. The lowest BCUT2D eigenvalue weighted by atomic mass is 9.96. The van der Waals surface area contributed by atoms with Crippen molar-refractivity contribution in [1.29, 1.82) is 0 Å². The SMILES string of the molecule is NCC(c1ccccc1)c1cnccn1. The van der Waals surface area contributed by atoms with Crippen molar-refractivity contribution in [1.82, 2.24) is 9.97 Å². The highest BCUT2D eigenvalue weighted by atomic mass is 14.8. The van der Waals surface area contributed by atoms with Crippen LogP contribution in [0, 0.1) is 0 Å². The van der Waals surface area contributed by atoms with Crippen LogP contribution in [-0.2, 0) is 0 Å². The Labute approximate surface area is 89.0 Å². The van der Waals surface area contributed by atoms with E-state index in [1.54, 1.807) is 18.6 Å². The molecule has 1 heterocycles. The Hall–Kier alpha value is -1.74. The van der Waals surface area contributed by atoms with E-state index in [1.165, 1.54) is 5.56 Å². The summed E-state index contributed by atoms with van der Waals surface area (Å²) in [6, 6.07) is 10.1. The summed E-state index contributed by atoms with van der Waals surface area (Å²) in [7, 11) is 0. The van der Waals surface area contributed by atoms with Crippen molar-refractivity contribution in [2.45, 2.75) is 5.92 Å². The number of hydrogen-bond acceptors (Lipinski definition) is 3. The molecule has 15 heavy (non-hydrogen) atoms. The molecule has 1 aromatic carbocycles. The molecule has 0 fully saturated rings. The normalized spacial score (nSPS) is 12.3. The van der Waals surface area contributed by atoms with E-state index in [0.717, 1.165) is 5.69 Å². The van der Waals surface area contributed by atoms with E-state index < -0.39 is 0 Å². The Morgan fingerprint density at radius 3 is 2.53 bits per heavy atom. The third-order valence-electron chi connectivity index (χ3n) is 2.38. The van der Waals surface area contributed by atoms with Crippen molar-refractivity contribution >= 4 is 0 Å². The standard InChI is InChI=1S/C12H13N3/c13-8-11(10-4-2-1-3-5-10)12-9-14-6-7-15-12/h1-7,9,11H,8,13H2. The number of nitrogens with zero attached hydrogens (tertiary/aromatic N) is 2. The number of benzene rings is 1. The second kappa shape index (κ2) is 4.66. The molecule has 1 atom stereocenters. The van der Waals surface area contributed by atoms with Crippen LogP contribution in [0.15, 0.2) is 48.9 Å². The van der Waals surface area contributed by atoms with Gasteiger partial charge in [-0.3, -0.25) is 9.97 Å². The average molecular weight is 199 g/mol. The van der Waals surface area contributed by atoms with E-state index in [-0.39, 0.29) is 5.92 Å². The zero-order valence-corrected chi connectivity index (χ0v) is 8.38. The van der Waals surface area contributed by atoms with Gasteiger partial charge in [-0.25, -0.2) is 0 Å². The van der Waals surface area contributed by atoms with Gasteiger partial charge in [-0.1, -0.05) is 30.3 Å². The molecule has 2 N–H and O–H groups in total. The molecule has 1 aromatic heterocycles. The predicted octanol–water partition coefficient (Wildman–Crippen LogP) is 1.57. The minimum atomic E-state index is 0.139. The molecule has 0 radical (unpaired) electrons. The van der Waals surface area contributed by atoms with Crippen LogP contribution in [0.2, 0.25) is 0 Å². The van der Waals surface area contributed by atoms with Gasteiger partial charge in [0, 0.05) is 31.1 Å². The fraction of sp³-hybridized carbons (Fsp3) is 0.167. The van der Waals surface area contributed by atoms with E-state index in [9.17, 15) is 0 Å². The molecule has 0 bridgehead atoms. The lowest BCUT2D eigenvalue weighted by Crippen LogP contribution is -2.15. The summed E-state index contributed by atoms with van der Waals surface area (Å²) in [6.45, 7) is 0.544. The highest BCUT2D eigenvalue weighted by molar-refractivity contribution is 5.27. The maximum absolute atomic E-state index is 5.77. The molecule has 0 saturated heterocycles. The minimum Gasteiger partial charge on any atom is -0.329 e. The molecule has 0 saturated carbocycles. The van der Waals surface area contributed by atoms with Gasteiger partial charge >= 0.3 is 0 Å². The highest BCUT2D eigenvalue weighted by Crippen LogP contribution is 2.20. The zero-order chi connectivity index (χ0) is 10.5. The lowest BCUT2D eigenvalue weighted by molar-refractivity contribution is 0.779. The Morgan fingerprint density at radius 1 is 1.13 bits per heavy atom. The quantitative estimate of drug-likeness (QED) is 0.816. The summed E-state index contributed by atoms with van der Waals surface area (Å²) < 4.78 is 0. The largest absolute Gasteiger partial charge is 0.329 e. The zero-order valence-electron chi connectivity index (χ0n) is 8.38. The summed E-state index contributed by atoms with van der Waals surface area (Å²) in [5, 5.41) is 0. The van der Waals surface area contributed by atoms with Crippen LogP contribution in [0.4, 0.5) is 0 Å². The molecule has 0 aliphatic carbocycles. The van der Waals surface area contributed by atoms with Crippen molar-refractivity contribution in [3.05, 3.63) is 60.2 Å². The van der Waals surface area contributed by atoms with Gasteiger partial charge in [0.1, 0.15) is 0 Å². The van der Waals surface area contributed by atoms with Gasteiger partial charge in [-0.2, -0.15) is 0 Å². The molecule has 2 aromatic rings. The summed E-state index contributed by atoms with van der Waals surface area (Å²) >= 11 is 0. The Balaban J connectivity index is 2.34.